The van der Waals surface area contributed by atoms with Crippen molar-refractivity contribution in [1.82, 2.24) is 4.90 Å². The number of hydrogen-bond donors (Lipinski definition) is 1. The standard InChI is InChI=1S/C12H14ClNO3/c13-9-1-3-10(4-2-9)17-11-5-7-14(8-6-11)12(15)16/h1-4,11H,5-8H2,(H,15,16). The molecule has 0 atom stereocenters. The molecule has 1 aliphatic rings. The van der Waals surface area contributed by atoms with Gasteiger partial charge in [-0.05, 0) is 24.3 Å². The van der Waals surface area contributed by atoms with Gasteiger partial charge in [-0.3, -0.25) is 0 Å². The molecule has 0 aliphatic carbocycles. The highest BCUT2D eigenvalue weighted by atomic mass is 35.5. The number of amides is 1. The van der Waals surface area contributed by atoms with E-state index in [9.17, 15) is 4.79 Å². The van der Waals surface area contributed by atoms with Gasteiger partial charge in [0.25, 0.3) is 0 Å². The highest BCUT2D eigenvalue weighted by Crippen LogP contribution is 2.20. The molecule has 1 saturated heterocycles. The Bertz CT molecular complexity index is 385. The van der Waals surface area contributed by atoms with E-state index in [0.29, 0.717) is 18.1 Å². The van der Waals surface area contributed by atoms with E-state index in [-0.39, 0.29) is 6.10 Å². The summed E-state index contributed by atoms with van der Waals surface area (Å²) in [6.45, 7) is 1.07. The van der Waals surface area contributed by atoms with Gasteiger partial charge >= 0.3 is 6.09 Å². The lowest BCUT2D eigenvalue weighted by atomic mass is 10.1. The van der Waals surface area contributed by atoms with Crippen molar-refractivity contribution in [2.45, 2.75) is 18.9 Å². The molecule has 5 heteroatoms. The summed E-state index contributed by atoms with van der Waals surface area (Å²) in [5.41, 5.74) is 0. The molecule has 2 rings (SSSR count). The van der Waals surface area contributed by atoms with E-state index in [1.54, 1.807) is 12.1 Å². The van der Waals surface area contributed by atoms with Crippen molar-refractivity contribution < 1.29 is 14.6 Å². The predicted octanol–water partition coefficient (Wildman–Crippen LogP) is 2.86. The summed E-state index contributed by atoms with van der Waals surface area (Å²) in [5, 5.41) is 9.49. The first kappa shape index (κ1) is 12.0. The molecule has 1 aromatic carbocycles. The van der Waals surface area contributed by atoms with Gasteiger partial charge in [0.1, 0.15) is 11.9 Å². The van der Waals surface area contributed by atoms with E-state index < -0.39 is 6.09 Å². The number of piperidine rings is 1. The van der Waals surface area contributed by atoms with Gasteiger partial charge < -0.3 is 14.7 Å². The number of ether oxygens (including phenoxy) is 1. The van der Waals surface area contributed by atoms with Crippen LogP contribution >= 0.6 is 11.6 Å². The number of halogens is 1. The van der Waals surface area contributed by atoms with Crippen molar-refractivity contribution >= 4 is 17.7 Å². The topological polar surface area (TPSA) is 49.8 Å². The van der Waals surface area contributed by atoms with Crippen LogP contribution in [0.15, 0.2) is 24.3 Å². The average molecular weight is 256 g/mol. The Hall–Kier alpha value is -1.42. The van der Waals surface area contributed by atoms with E-state index in [2.05, 4.69) is 0 Å². The number of benzene rings is 1. The minimum atomic E-state index is -0.852. The average Bonchev–Trinajstić information content (AvgIpc) is 2.33. The van der Waals surface area contributed by atoms with Crippen molar-refractivity contribution in [3.63, 3.8) is 0 Å². The SMILES string of the molecule is O=C(O)N1CCC(Oc2ccc(Cl)cc2)CC1. The van der Waals surface area contributed by atoms with Crippen LogP contribution in [0, 0.1) is 0 Å². The molecule has 0 saturated carbocycles. The maximum atomic E-state index is 10.7. The molecule has 0 unspecified atom stereocenters. The molecule has 4 nitrogen and oxygen atoms in total. The van der Waals surface area contributed by atoms with Crippen LogP contribution in [0.25, 0.3) is 0 Å². The van der Waals surface area contributed by atoms with Crippen molar-refractivity contribution in [2.75, 3.05) is 13.1 Å². The maximum Gasteiger partial charge on any atom is 0.407 e. The molecule has 1 fully saturated rings. The molecule has 1 aromatic rings. The molecule has 1 heterocycles. The van der Waals surface area contributed by atoms with Crippen LogP contribution in [0.1, 0.15) is 12.8 Å². The van der Waals surface area contributed by atoms with Crippen LogP contribution in [0.5, 0.6) is 5.75 Å². The summed E-state index contributed by atoms with van der Waals surface area (Å²) >= 11 is 5.78. The first-order valence-corrected chi connectivity index (χ1v) is 5.93. The Morgan fingerprint density at radius 3 is 2.41 bits per heavy atom. The number of hydrogen-bond acceptors (Lipinski definition) is 2. The van der Waals surface area contributed by atoms with Crippen LogP contribution in [0.3, 0.4) is 0 Å². The Kier molecular flexibility index (Phi) is 3.74. The smallest absolute Gasteiger partial charge is 0.407 e. The molecule has 1 aliphatic heterocycles. The van der Waals surface area contributed by atoms with Crippen molar-refractivity contribution in [1.29, 1.82) is 0 Å². The monoisotopic (exact) mass is 255 g/mol. The summed E-state index contributed by atoms with van der Waals surface area (Å²) in [6, 6.07) is 7.21. The lowest BCUT2D eigenvalue weighted by Crippen LogP contribution is -2.41. The normalized spacial score (nSPS) is 16.9. The zero-order valence-corrected chi connectivity index (χ0v) is 10.1. The third-order valence-corrected chi connectivity index (χ3v) is 3.08. The molecule has 1 amide bonds. The van der Waals surface area contributed by atoms with Gasteiger partial charge in [0.2, 0.25) is 0 Å². The summed E-state index contributed by atoms with van der Waals surface area (Å²) in [6.07, 6.45) is 0.700. The van der Waals surface area contributed by atoms with E-state index in [0.717, 1.165) is 18.6 Å². The zero-order chi connectivity index (χ0) is 12.3. The fourth-order valence-corrected chi connectivity index (χ4v) is 2.00. The molecule has 17 heavy (non-hydrogen) atoms. The van der Waals surface area contributed by atoms with Gasteiger partial charge in [0.05, 0.1) is 0 Å². The van der Waals surface area contributed by atoms with E-state index >= 15 is 0 Å². The molecule has 0 radical (unpaired) electrons. The largest absolute Gasteiger partial charge is 0.490 e. The molecule has 92 valence electrons. The highest BCUT2D eigenvalue weighted by molar-refractivity contribution is 6.30. The number of nitrogens with zero attached hydrogens (tertiary/aromatic N) is 1. The summed E-state index contributed by atoms with van der Waals surface area (Å²) < 4.78 is 5.76. The highest BCUT2D eigenvalue weighted by Gasteiger charge is 2.23. The van der Waals surface area contributed by atoms with Crippen molar-refractivity contribution in [2.24, 2.45) is 0 Å². The zero-order valence-electron chi connectivity index (χ0n) is 9.30. The quantitative estimate of drug-likeness (QED) is 0.884. The van der Waals surface area contributed by atoms with Gasteiger partial charge in [-0.1, -0.05) is 11.6 Å². The summed E-state index contributed by atoms with van der Waals surface area (Å²) in [5.74, 6) is 0.781. The molecule has 0 spiro atoms. The number of carbonyl (C=O) groups is 1. The van der Waals surface area contributed by atoms with E-state index in [1.165, 1.54) is 4.90 Å². The van der Waals surface area contributed by atoms with Crippen molar-refractivity contribution in [3.8, 4) is 5.75 Å². The second-order valence-electron chi connectivity index (χ2n) is 4.04. The third-order valence-electron chi connectivity index (χ3n) is 2.83. The van der Waals surface area contributed by atoms with Crippen LogP contribution in [0.2, 0.25) is 5.02 Å². The van der Waals surface area contributed by atoms with Gasteiger partial charge in [0.15, 0.2) is 0 Å². The van der Waals surface area contributed by atoms with Gasteiger partial charge in [0, 0.05) is 31.0 Å². The van der Waals surface area contributed by atoms with Crippen LogP contribution in [-0.4, -0.2) is 35.3 Å². The van der Waals surface area contributed by atoms with Crippen LogP contribution < -0.4 is 4.74 Å². The Morgan fingerprint density at radius 1 is 1.29 bits per heavy atom. The number of carboxylic acid groups (broad SMARTS) is 1. The molecular formula is C12H14ClNO3. The molecular weight excluding hydrogens is 242 g/mol. The van der Waals surface area contributed by atoms with Gasteiger partial charge in [-0.2, -0.15) is 0 Å². The van der Waals surface area contributed by atoms with Gasteiger partial charge in [-0.25, -0.2) is 4.79 Å². The number of likely N-dealkylation sites (tertiary alicyclic amines) is 1. The molecule has 0 bridgehead atoms. The summed E-state index contributed by atoms with van der Waals surface area (Å²) in [7, 11) is 0. The minimum absolute atomic E-state index is 0.0896. The lowest BCUT2D eigenvalue weighted by Gasteiger charge is -2.30. The first-order chi connectivity index (χ1) is 8.15. The van der Waals surface area contributed by atoms with E-state index in [1.807, 2.05) is 12.1 Å². The Morgan fingerprint density at radius 2 is 1.88 bits per heavy atom. The second-order valence-corrected chi connectivity index (χ2v) is 4.48. The fourth-order valence-electron chi connectivity index (χ4n) is 1.87. The maximum absolute atomic E-state index is 10.7. The first-order valence-electron chi connectivity index (χ1n) is 5.55. The van der Waals surface area contributed by atoms with Gasteiger partial charge in [-0.15, -0.1) is 0 Å². The Labute approximate surface area is 105 Å². The lowest BCUT2D eigenvalue weighted by molar-refractivity contribution is 0.0895. The van der Waals surface area contributed by atoms with E-state index in [4.69, 9.17) is 21.4 Å². The minimum Gasteiger partial charge on any atom is -0.490 e. The predicted molar refractivity (Wildman–Crippen MR) is 64.7 cm³/mol. The second kappa shape index (κ2) is 5.27. The third kappa shape index (κ3) is 3.27. The molecule has 1 N–H and O–H groups in total. The van der Waals surface area contributed by atoms with Crippen molar-refractivity contribution in [3.05, 3.63) is 29.3 Å². The number of rotatable bonds is 2. The molecule has 0 aromatic heterocycles. The fraction of sp³-hybridized carbons (Fsp3) is 0.417. The summed E-state index contributed by atoms with van der Waals surface area (Å²) in [4.78, 5) is 12.1. The van der Waals surface area contributed by atoms with Crippen LogP contribution in [0.4, 0.5) is 4.79 Å². The Balaban J connectivity index is 1.85. The van der Waals surface area contributed by atoms with Crippen LogP contribution in [-0.2, 0) is 0 Å².